The average Bonchev–Trinajstić information content (AvgIpc) is 2.43. The second kappa shape index (κ2) is 6.97. The Morgan fingerprint density at radius 2 is 1.57 bits per heavy atom. The van der Waals surface area contributed by atoms with Crippen LogP contribution in [0, 0.1) is 6.92 Å². The van der Waals surface area contributed by atoms with Crippen LogP contribution in [0.25, 0.3) is 5.69 Å². The zero-order chi connectivity index (χ0) is 16.0. The van der Waals surface area contributed by atoms with E-state index in [1.807, 2.05) is 20.8 Å². The Morgan fingerprint density at radius 3 is 2.10 bits per heavy atom. The van der Waals surface area contributed by atoms with Crippen molar-refractivity contribution in [2.75, 3.05) is 0 Å². The smallest absolute Gasteiger partial charge is 0.406 e. The zero-order valence-electron chi connectivity index (χ0n) is 11.9. The second-order valence-corrected chi connectivity index (χ2v) is 3.96. The highest BCUT2D eigenvalue weighted by molar-refractivity contribution is 5.38. The Bertz CT molecular complexity index is 631. The van der Waals surface area contributed by atoms with E-state index >= 15 is 0 Å². The van der Waals surface area contributed by atoms with E-state index in [1.165, 1.54) is 22.8 Å². The van der Waals surface area contributed by atoms with Gasteiger partial charge in [-0.25, -0.2) is 0 Å². The number of halogens is 3. The highest BCUT2D eigenvalue weighted by atomic mass is 19.4. The van der Waals surface area contributed by atoms with Gasteiger partial charge >= 0.3 is 6.36 Å². The van der Waals surface area contributed by atoms with Crippen molar-refractivity contribution in [3.8, 4) is 11.4 Å². The Morgan fingerprint density at radius 1 is 1.00 bits per heavy atom. The van der Waals surface area contributed by atoms with Gasteiger partial charge in [0.2, 0.25) is 0 Å². The Kier molecular flexibility index (Phi) is 5.58. The summed E-state index contributed by atoms with van der Waals surface area (Å²) in [6.45, 7) is 5.82. The number of aryl methyl sites for hydroxylation is 1. The molecule has 3 nitrogen and oxygen atoms in total. The second-order valence-electron chi connectivity index (χ2n) is 3.96. The Labute approximate surface area is 120 Å². The number of alkyl halides is 3. The molecule has 0 saturated heterocycles. The van der Waals surface area contributed by atoms with Gasteiger partial charge in [0.1, 0.15) is 5.75 Å². The van der Waals surface area contributed by atoms with Crippen LogP contribution in [0.1, 0.15) is 19.4 Å². The van der Waals surface area contributed by atoms with Gasteiger partial charge in [-0.1, -0.05) is 19.9 Å². The zero-order valence-corrected chi connectivity index (χ0v) is 11.9. The van der Waals surface area contributed by atoms with E-state index < -0.39 is 6.36 Å². The third-order valence-corrected chi connectivity index (χ3v) is 2.41. The molecule has 0 saturated carbocycles. The van der Waals surface area contributed by atoms with Crippen LogP contribution in [0.5, 0.6) is 5.75 Å². The molecule has 2 aromatic rings. The standard InChI is InChI=1S/C13H10F3NO2.C2H6/c1-9-2-7-12(18)17(8-9)10-3-5-11(6-4-10)19-13(14,15)16;1-2/h2-8H,1H3;1-2H3. The lowest BCUT2D eigenvalue weighted by atomic mass is 10.2. The minimum absolute atomic E-state index is 0.255. The first-order valence-electron chi connectivity index (χ1n) is 6.41. The Hall–Kier alpha value is -2.24. The number of rotatable bonds is 2. The minimum atomic E-state index is -4.72. The van der Waals surface area contributed by atoms with Crippen molar-refractivity contribution in [3.05, 3.63) is 58.5 Å². The summed E-state index contributed by atoms with van der Waals surface area (Å²) < 4.78 is 41.1. The number of pyridine rings is 1. The molecule has 0 radical (unpaired) electrons. The first-order chi connectivity index (χ1) is 9.85. The Balaban J connectivity index is 0.00000106. The largest absolute Gasteiger partial charge is 0.573 e. The maximum absolute atomic E-state index is 12.0. The van der Waals surface area contributed by atoms with Gasteiger partial charge < -0.3 is 4.74 Å². The van der Waals surface area contributed by atoms with E-state index in [4.69, 9.17) is 0 Å². The summed E-state index contributed by atoms with van der Waals surface area (Å²) in [6, 6.07) is 8.18. The fourth-order valence-corrected chi connectivity index (χ4v) is 1.60. The summed E-state index contributed by atoms with van der Waals surface area (Å²) >= 11 is 0. The molecule has 6 heteroatoms. The van der Waals surface area contributed by atoms with Crippen LogP contribution < -0.4 is 10.3 Å². The number of nitrogens with zero attached hydrogens (tertiary/aromatic N) is 1. The van der Waals surface area contributed by atoms with Crippen LogP contribution in [-0.2, 0) is 0 Å². The maximum Gasteiger partial charge on any atom is 0.573 e. The minimum Gasteiger partial charge on any atom is -0.406 e. The van der Waals surface area contributed by atoms with Crippen molar-refractivity contribution in [2.45, 2.75) is 27.1 Å². The van der Waals surface area contributed by atoms with Crippen LogP contribution in [0.15, 0.2) is 47.4 Å². The summed E-state index contributed by atoms with van der Waals surface area (Å²) in [5.41, 5.74) is 1.09. The third kappa shape index (κ3) is 4.98. The lowest BCUT2D eigenvalue weighted by Crippen LogP contribution is -2.18. The molecule has 0 fully saturated rings. The quantitative estimate of drug-likeness (QED) is 0.837. The highest BCUT2D eigenvalue weighted by Crippen LogP contribution is 2.23. The first kappa shape index (κ1) is 16.8. The van der Waals surface area contributed by atoms with E-state index in [0.29, 0.717) is 5.69 Å². The predicted octanol–water partition coefficient (Wildman–Crippen LogP) is 4.07. The van der Waals surface area contributed by atoms with Crippen molar-refractivity contribution >= 4 is 0 Å². The van der Waals surface area contributed by atoms with Crippen LogP contribution in [0.4, 0.5) is 13.2 Å². The maximum atomic E-state index is 12.0. The van der Waals surface area contributed by atoms with Gasteiger partial charge in [-0.3, -0.25) is 9.36 Å². The molecule has 0 unspecified atom stereocenters. The lowest BCUT2D eigenvalue weighted by Gasteiger charge is -2.10. The van der Waals surface area contributed by atoms with Gasteiger partial charge in [0.25, 0.3) is 5.56 Å². The molecular weight excluding hydrogens is 283 g/mol. The first-order valence-corrected chi connectivity index (χ1v) is 6.41. The van der Waals surface area contributed by atoms with E-state index in [1.54, 1.807) is 12.3 Å². The molecule has 0 atom stereocenters. The molecule has 0 bridgehead atoms. The van der Waals surface area contributed by atoms with E-state index in [2.05, 4.69) is 4.74 Å². The van der Waals surface area contributed by atoms with Crippen LogP contribution >= 0.6 is 0 Å². The number of aromatic nitrogens is 1. The molecule has 1 aromatic heterocycles. The summed E-state index contributed by atoms with van der Waals surface area (Å²) in [7, 11) is 0. The summed E-state index contributed by atoms with van der Waals surface area (Å²) in [5, 5.41) is 0. The summed E-state index contributed by atoms with van der Waals surface area (Å²) in [6.07, 6.45) is -3.11. The molecule has 21 heavy (non-hydrogen) atoms. The molecule has 0 spiro atoms. The van der Waals surface area contributed by atoms with Crippen LogP contribution in [0.2, 0.25) is 0 Å². The number of ether oxygens (including phenoxy) is 1. The number of benzene rings is 1. The van der Waals surface area contributed by atoms with E-state index in [-0.39, 0.29) is 11.3 Å². The SMILES string of the molecule is CC.Cc1ccc(=O)n(-c2ccc(OC(F)(F)F)cc2)c1. The van der Waals surface area contributed by atoms with Gasteiger partial charge in [0.15, 0.2) is 0 Å². The highest BCUT2D eigenvalue weighted by Gasteiger charge is 2.30. The predicted molar refractivity (Wildman–Crippen MR) is 74.8 cm³/mol. The van der Waals surface area contributed by atoms with Gasteiger partial charge in [0.05, 0.1) is 0 Å². The van der Waals surface area contributed by atoms with Crippen molar-refractivity contribution in [1.29, 1.82) is 0 Å². The van der Waals surface area contributed by atoms with Crippen molar-refractivity contribution in [3.63, 3.8) is 0 Å². The molecule has 0 aliphatic rings. The molecule has 1 aromatic carbocycles. The van der Waals surface area contributed by atoms with Crippen LogP contribution in [-0.4, -0.2) is 10.9 Å². The van der Waals surface area contributed by atoms with Crippen molar-refractivity contribution in [1.82, 2.24) is 4.57 Å². The van der Waals surface area contributed by atoms with Crippen LogP contribution in [0.3, 0.4) is 0 Å². The topological polar surface area (TPSA) is 31.2 Å². The fraction of sp³-hybridized carbons (Fsp3) is 0.267. The molecule has 0 N–H and O–H groups in total. The molecule has 0 aliphatic carbocycles. The third-order valence-electron chi connectivity index (χ3n) is 2.41. The average molecular weight is 299 g/mol. The molecule has 0 amide bonds. The molecule has 114 valence electrons. The molecule has 0 aliphatic heterocycles. The van der Waals surface area contributed by atoms with Gasteiger partial charge in [-0.2, -0.15) is 0 Å². The monoisotopic (exact) mass is 299 g/mol. The van der Waals surface area contributed by atoms with Crippen molar-refractivity contribution in [2.24, 2.45) is 0 Å². The van der Waals surface area contributed by atoms with E-state index in [9.17, 15) is 18.0 Å². The number of hydrogen-bond donors (Lipinski definition) is 0. The summed E-state index contributed by atoms with van der Waals surface area (Å²) in [5.74, 6) is -0.322. The summed E-state index contributed by atoms with van der Waals surface area (Å²) in [4.78, 5) is 11.6. The molecule has 1 heterocycles. The lowest BCUT2D eigenvalue weighted by molar-refractivity contribution is -0.274. The van der Waals surface area contributed by atoms with Gasteiger partial charge in [0, 0.05) is 18.0 Å². The van der Waals surface area contributed by atoms with Crippen molar-refractivity contribution < 1.29 is 17.9 Å². The molecule has 2 rings (SSSR count). The fourth-order valence-electron chi connectivity index (χ4n) is 1.60. The van der Waals surface area contributed by atoms with Gasteiger partial charge in [-0.15, -0.1) is 13.2 Å². The van der Waals surface area contributed by atoms with Gasteiger partial charge in [-0.05, 0) is 36.8 Å². The van der Waals surface area contributed by atoms with E-state index in [0.717, 1.165) is 17.7 Å². The molecular formula is C15H16F3NO2. The normalized spacial score (nSPS) is 10.6. The number of hydrogen-bond acceptors (Lipinski definition) is 2.